The van der Waals surface area contributed by atoms with Crippen molar-refractivity contribution < 1.29 is 32.2 Å². The van der Waals surface area contributed by atoms with Gasteiger partial charge in [0.2, 0.25) is 5.91 Å². The molecule has 2 aromatic carbocycles. The number of benzene rings is 2. The molecule has 4 aromatic rings. The number of ether oxygens (including phenoxy) is 3. The lowest BCUT2D eigenvalue weighted by Gasteiger charge is -2.31. The number of pyridine rings is 1. The Morgan fingerprint density at radius 1 is 1.07 bits per heavy atom. The van der Waals surface area contributed by atoms with Crippen LogP contribution >= 0.6 is 0 Å². The average Bonchev–Trinajstić information content (AvgIpc) is 3.33. The summed E-state index contributed by atoms with van der Waals surface area (Å²) < 4.78 is 61.2. The molecule has 0 aliphatic carbocycles. The molecule has 1 atom stereocenters. The van der Waals surface area contributed by atoms with Crippen molar-refractivity contribution in [1.82, 2.24) is 19.9 Å². The molecule has 46 heavy (non-hydrogen) atoms. The lowest BCUT2D eigenvalue weighted by Crippen LogP contribution is -2.41. The van der Waals surface area contributed by atoms with Crippen LogP contribution in [0.15, 0.2) is 67.6 Å². The molecule has 0 bridgehead atoms. The van der Waals surface area contributed by atoms with Crippen molar-refractivity contribution in [2.75, 3.05) is 43.5 Å². The van der Waals surface area contributed by atoms with Crippen LogP contribution in [0.4, 0.5) is 30.5 Å². The molecule has 10 nitrogen and oxygen atoms in total. The first kappa shape index (κ1) is 30.9. The minimum absolute atomic E-state index is 0.102. The van der Waals surface area contributed by atoms with Crippen molar-refractivity contribution in [1.29, 1.82) is 0 Å². The van der Waals surface area contributed by atoms with Gasteiger partial charge in [-0.1, -0.05) is 13.5 Å². The van der Waals surface area contributed by atoms with Crippen molar-refractivity contribution in [2.45, 2.75) is 31.8 Å². The highest BCUT2D eigenvalue weighted by atomic mass is 19.3. The normalized spacial score (nSPS) is 18.0. The zero-order valence-electron chi connectivity index (χ0n) is 25.4. The molecule has 13 heteroatoms. The summed E-state index contributed by atoms with van der Waals surface area (Å²) in [5, 5.41) is 3.62. The van der Waals surface area contributed by atoms with E-state index in [4.69, 9.17) is 14.2 Å². The summed E-state index contributed by atoms with van der Waals surface area (Å²) in [6.45, 7) is 5.92. The molecule has 6 rings (SSSR count). The fourth-order valence-electron chi connectivity index (χ4n) is 5.59. The molecule has 240 valence electrons. The Bertz CT molecular complexity index is 1770. The van der Waals surface area contributed by atoms with Crippen LogP contribution in [0.1, 0.15) is 19.8 Å². The fourth-order valence-corrected chi connectivity index (χ4v) is 5.59. The minimum atomic E-state index is -2.80. The fraction of sp³-hybridized carbons (Fsp3) is 0.333. The summed E-state index contributed by atoms with van der Waals surface area (Å²) in [5.74, 6) is -2.05. The Morgan fingerprint density at radius 2 is 1.85 bits per heavy atom. The molecular weight excluding hydrogens is 601 g/mol. The first-order valence-corrected chi connectivity index (χ1v) is 14.9. The van der Waals surface area contributed by atoms with E-state index in [2.05, 4.69) is 26.8 Å². The first-order chi connectivity index (χ1) is 22.1. The Hall–Kier alpha value is -5.07. The highest BCUT2D eigenvalue weighted by molar-refractivity contribution is 5.93. The molecule has 2 saturated heterocycles. The molecule has 2 aromatic heterocycles. The van der Waals surface area contributed by atoms with Crippen molar-refractivity contribution in [3.63, 3.8) is 0 Å². The Balaban J connectivity index is 1.18. The van der Waals surface area contributed by atoms with Gasteiger partial charge in [-0.3, -0.25) is 4.79 Å². The number of methoxy groups -OCH3 is 1. The number of fused-ring (bicyclic) bond motifs is 1. The molecule has 2 aliphatic rings. The van der Waals surface area contributed by atoms with Crippen LogP contribution in [0, 0.1) is 11.7 Å². The first-order valence-electron chi connectivity index (χ1n) is 14.9. The highest BCUT2D eigenvalue weighted by Gasteiger charge is 2.45. The molecule has 1 unspecified atom stereocenters. The highest BCUT2D eigenvalue weighted by Crippen LogP contribution is 2.38. The standard InChI is InChI=1S/C33H33F3N6O4/c1-4-31(43)41-11-8-21(9-12-41)46-29-15-24-27(16-28(29)44-3)38-19-39-32(24)40-26-6-5-22(13-25(26)34)45-23-7-10-37-30(14-23)42-17-20(2)33(35,36)18-42/h4-7,10,13-16,19-21H,1,8-9,11-12,17-18H2,2-3H3,(H,38,39,40). The predicted molar refractivity (Wildman–Crippen MR) is 167 cm³/mol. The summed E-state index contributed by atoms with van der Waals surface area (Å²) in [6.07, 6.45) is 5.30. The van der Waals surface area contributed by atoms with Gasteiger partial charge in [-0.15, -0.1) is 0 Å². The second-order valence-electron chi connectivity index (χ2n) is 11.4. The maximum atomic E-state index is 15.3. The van der Waals surface area contributed by atoms with Gasteiger partial charge in [0.15, 0.2) is 11.5 Å². The smallest absolute Gasteiger partial charge is 0.269 e. The van der Waals surface area contributed by atoms with E-state index in [1.54, 1.807) is 35.2 Å². The number of halogens is 3. The number of hydrogen-bond donors (Lipinski definition) is 1. The van der Waals surface area contributed by atoms with E-state index in [9.17, 15) is 13.6 Å². The van der Waals surface area contributed by atoms with Gasteiger partial charge in [-0.2, -0.15) is 0 Å². The zero-order chi connectivity index (χ0) is 32.4. The van der Waals surface area contributed by atoms with Crippen LogP contribution in [-0.2, 0) is 4.79 Å². The number of hydrogen-bond acceptors (Lipinski definition) is 9. The number of likely N-dealkylation sites (tertiary alicyclic amines) is 1. The quantitative estimate of drug-likeness (QED) is 0.211. The summed E-state index contributed by atoms with van der Waals surface area (Å²) in [5.41, 5.74) is 0.709. The Labute approximate surface area is 263 Å². The number of piperidine rings is 1. The van der Waals surface area contributed by atoms with E-state index in [0.717, 1.165) is 0 Å². The molecule has 0 saturated carbocycles. The third-order valence-corrected chi connectivity index (χ3v) is 8.23. The lowest BCUT2D eigenvalue weighted by molar-refractivity contribution is -0.127. The number of carbonyl (C=O) groups is 1. The molecule has 1 N–H and O–H groups in total. The number of amides is 1. The second kappa shape index (κ2) is 12.7. The third kappa shape index (κ3) is 6.49. The molecule has 0 spiro atoms. The number of nitrogens with zero attached hydrogens (tertiary/aromatic N) is 5. The summed E-state index contributed by atoms with van der Waals surface area (Å²) >= 11 is 0. The molecule has 2 fully saturated rings. The van der Waals surface area contributed by atoms with Gasteiger partial charge in [-0.25, -0.2) is 28.1 Å². The zero-order valence-corrected chi connectivity index (χ0v) is 25.4. The van der Waals surface area contributed by atoms with Crippen LogP contribution < -0.4 is 24.4 Å². The van der Waals surface area contributed by atoms with Crippen LogP contribution in [-0.4, -0.2) is 71.1 Å². The van der Waals surface area contributed by atoms with Crippen molar-refractivity contribution in [3.8, 4) is 23.0 Å². The number of nitrogens with one attached hydrogen (secondary N) is 1. The van der Waals surface area contributed by atoms with Crippen molar-refractivity contribution in [2.24, 2.45) is 5.92 Å². The van der Waals surface area contributed by atoms with Gasteiger partial charge >= 0.3 is 0 Å². The van der Waals surface area contributed by atoms with Gasteiger partial charge < -0.3 is 29.3 Å². The number of rotatable bonds is 9. The maximum absolute atomic E-state index is 15.3. The molecule has 0 radical (unpaired) electrons. The van der Waals surface area contributed by atoms with Crippen LogP contribution in [0.5, 0.6) is 23.0 Å². The van der Waals surface area contributed by atoms with Gasteiger partial charge in [0.25, 0.3) is 5.92 Å². The summed E-state index contributed by atoms with van der Waals surface area (Å²) in [7, 11) is 1.54. The lowest BCUT2D eigenvalue weighted by atomic mass is 10.1. The van der Waals surface area contributed by atoms with Gasteiger partial charge in [0.1, 0.15) is 41.4 Å². The number of aromatic nitrogens is 3. The number of carbonyl (C=O) groups excluding carboxylic acids is 1. The van der Waals surface area contributed by atoms with E-state index in [1.165, 1.54) is 49.7 Å². The molecule has 4 heterocycles. The van der Waals surface area contributed by atoms with Crippen molar-refractivity contribution in [3.05, 3.63) is 73.5 Å². The largest absolute Gasteiger partial charge is 0.493 e. The van der Waals surface area contributed by atoms with E-state index in [1.807, 2.05) is 0 Å². The van der Waals surface area contributed by atoms with E-state index < -0.39 is 24.2 Å². The average molecular weight is 635 g/mol. The van der Waals surface area contributed by atoms with E-state index >= 15 is 4.39 Å². The maximum Gasteiger partial charge on any atom is 0.269 e. The van der Waals surface area contributed by atoms with Crippen LogP contribution in [0.25, 0.3) is 10.9 Å². The molecule has 1 amide bonds. The van der Waals surface area contributed by atoms with Crippen molar-refractivity contribution >= 4 is 34.1 Å². The summed E-state index contributed by atoms with van der Waals surface area (Å²) in [4.78, 5) is 28.1. The molecule has 2 aliphatic heterocycles. The van der Waals surface area contributed by atoms with E-state index in [-0.39, 0.29) is 30.0 Å². The third-order valence-electron chi connectivity index (χ3n) is 8.23. The predicted octanol–water partition coefficient (Wildman–Crippen LogP) is 6.36. The SMILES string of the molecule is C=CC(=O)N1CCC(Oc2cc3c(Nc4ccc(Oc5ccnc(N6CC(C)C(F)(F)C6)c5)cc4F)ncnc3cc2OC)CC1. The second-order valence-corrected chi connectivity index (χ2v) is 11.4. The summed E-state index contributed by atoms with van der Waals surface area (Å²) in [6, 6.07) is 10.9. The van der Waals surface area contributed by atoms with Gasteiger partial charge in [0, 0.05) is 68.2 Å². The van der Waals surface area contributed by atoms with Gasteiger partial charge in [-0.05, 0) is 30.3 Å². The topological polar surface area (TPSA) is 102 Å². The minimum Gasteiger partial charge on any atom is -0.493 e. The van der Waals surface area contributed by atoms with E-state index in [0.29, 0.717) is 65.7 Å². The monoisotopic (exact) mass is 634 g/mol. The molecular formula is C33H33F3N6O4. The number of anilines is 3. The van der Waals surface area contributed by atoms with Crippen LogP contribution in [0.3, 0.4) is 0 Å². The Kier molecular flexibility index (Phi) is 8.57. The Morgan fingerprint density at radius 3 is 2.54 bits per heavy atom. The van der Waals surface area contributed by atoms with Crippen LogP contribution in [0.2, 0.25) is 0 Å². The number of alkyl halides is 2. The van der Waals surface area contributed by atoms with Gasteiger partial charge in [0.05, 0.1) is 24.9 Å².